The van der Waals surface area contributed by atoms with Gasteiger partial charge in [0.15, 0.2) is 0 Å². The molecule has 1 nitrogen and oxygen atoms in total. The molecule has 1 heteroatoms. The molecule has 17 heavy (non-hydrogen) atoms. The van der Waals surface area contributed by atoms with Gasteiger partial charge in [0.1, 0.15) is 0 Å². The highest BCUT2D eigenvalue weighted by Gasteiger charge is 2.27. The van der Waals surface area contributed by atoms with Crippen molar-refractivity contribution in [2.45, 2.75) is 52.2 Å². The summed E-state index contributed by atoms with van der Waals surface area (Å²) >= 11 is 0. The molecule has 1 aromatic carbocycles. The molecule has 1 fully saturated rings. The van der Waals surface area contributed by atoms with Gasteiger partial charge in [0.05, 0.1) is 12.7 Å². The predicted molar refractivity (Wildman–Crippen MR) is 71.8 cm³/mol. The van der Waals surface area contributed by atoms with Crippen molar-refractivity contribution in [1.29, 1.82) is 0 Å². The lowest BCUT2D eigenvalue weighted by Crippen LogP contribution is -2.31. The summed E-state index contributed by atoms with van der Waals surface area (Å²) in [4.78, 5) is 0. The first kappa shape index (κ1) is 12.6. The molecule has 1 aliphatic rings. The lowest BCUT2D eigenvalue weighted by molar-refractivity contribution is -0.0353. The predicted octanol–water partition coefficient (Wildman–Crippen LogP) is 4.42. The Morgan fingerprint density at radius 1 is 1.12 bits per heavy atom. The van der Waals surface area contributed by atoms with E-state index in [1.54, 1.807) is 0 Å². The van der Waals surface area contributed by atoms with E-state index in [1.807, 2.05) is 0 Å². The Morgan fingerprint density at radius 2 is 1.82 bits per heavy atom. The smallest absolute Gasteiger partial charge is 0.0720 e. The average Bonchev–Trinajstić information content (AvgIpc) is 2.38. The summed E-state index contributed by atoms with van der Waals surface area (Å²) < 4.78 is 6.14. The van der Waals surface area contributed by atoms with E-state index in [0.717, 1.165) is 18.4 Å². The van der Waals surface area contributed by atoms with Gasteiger partial charge >= 0.3 is 0 Å². The zero-order valence-electron chi connectivity index (χ0n) is 11.1. The number of hydrogen-bond donors (Lipinski definition) is 0. The summed E-state index contributed by atoms with van der Waals surface area (Å²) in [5.41, 5.74) is 1.29. The van der Waals surface area contributed by atoms with Gasteiger partial charge in [-0.3, -0.25) is 0 Å². The SMILES string of the molecule is CC(C)C1CCCCC1OCc1ccccc1. The van der Waals surface area contributed by atoms with Crippen LogP contribution in [0.25, 0.3) is 0 Å². The minimum Gasteiger partial charge on any atom is -0.373 e. The van der Waals surface area contributed by atoms with Crippen molar-refractivity contribution in [3.8, 4) is 0 Å². The Kier molecular flexibility index (Phi) is 4.61. The largest absolute Gasteiger partial charge is 0.373 e. The zero-order chi connectivity index (χ0) is 12.1. The van der Waals surface area contributed by atoms with E-state index in [2.05, 4.69) is 44.2 Å². The molecule has 2 rings (SSSR count). The summed E-state index contributed by atoms with van der Waals surface area (Å²) in [6, 6.07) is 10.5. The van der Waals surface area contributed by atoms with Gasteiger partial charge in [-0.15, -0.1) is 0 Å². The highest BCUT2D eigenvalue weighted by atomic mass is 16.5. The van der Waals surface area contributed by atoms with Crippen LogP contribution in [0.15, 0.2) is 30.3 Å². The van der Waals surface area contributed by atoms with Gasteiger partial charge in [0.25, 0.3) is 0 Å². The Morgan fingerprint density at radius 3 is 2.53 bits per heavy atom. The summed E-state index contributed by atoms with van der Waals surface area (Å²) in [5.74, 6) is 1.50. The van der Waals surface area contributed by atoms with Crippen LogP contribution in [0.2, 0.25) is 0 Å². The average molecular weight is 232 g/mol. The van der Waals surface area contributed by atoms with Crippen LogP contribution < -0.4 is 0 Å². The maximum absolute atomic E-state index is 6.14. The molecule has 0 spiro atoms. The highest BCUT2D eigenvalue weighted by molar-refractivity contribution is 5.13. The standard InChI is InChI=1S/C16H24O/c1-13(2)15-10-6-7-11-16(15)17-12-14-8-4-3-5-9-14/h3-5,8-9,13,15-16H,6-7,10-12H2,1-2H3. The van der Waals surface area contributed by atoms with Crippen LogP contribution in [-0.2, 0) is 11.3 Å². The lowest BCUT2D eigenvalue weighted by Gasteiger charge is -2.34. The summed E-state index contributed by atoms with van der Waals surface area (Å²) in [7, 11) is 0. The van der Waals surface area contributed by atoms with Gasteiger partial charge in [-0.2, -0.15) is 0 Å². The monoisotopic (exact) mass is 232 g/mol. The van der Waals surface area contributed by atoms with Crippen LogP contribution >= 0.6 is 0 Å². The molecule has 0 N–H and O–H groups in total. The van der Waals surface area contributed by atoms with E-state index in [9.17, 15) is 0 Å². The van der Waals surface area contributed by atoms with Crippen LogP contribution in [0.1, 0.15) is 45.1 Å². The van der Waals surface area contributed by atoms with E-state index < -0.39 is 0 Å². The molecule has 0 aromatic heterocycles. The number of rotatable bonds is 4. The normalized spacial score (nSPS) is 25.1. The van der Waals surface area contributed by atoms with Crippen molar-refractivity contribution in [3.05, 3.63) is 35.9 Å². The van der Waals surface area contributed by atoms with Crippen molar-refractivity contribution in [2.24, 2.45) is 11.8 Å². The molecule has 0 aliphatic heterocycles. The molecule has 1 aliphatic carbocycles. The van der Waals surface area contributed by atoms with Crippen molar-refractivity contribution in [3.63, 3.8) is 0 Å². The van der Waals surface area contributed by atoms with Gasteiger partial charge < -0.3 is 4.74 Å². The minimum absolute atomic E-state index is 0.476. The zero-order valence-corrected chi connectivity index (χ0v) is 11.1. The number of ether oxygens (including phenoxy) is 1. The van der Waals surface area contributed by atoms with E-state index >= 15 is 0 Å². The molecule has 2 atom stereocenters. The second-order valence-corrected chi connectivity index (χ2v) is 5.53. The Balaban J connectivity index is 1.88. The summed E-state index contributed by atoms with van der Waals surface area (Å²) in [6.07, 6.45) is 5.78. The summed E-state index contributed by atoms with van der Waals surface area (Å²) in [6.45, 7) is 5.43. The Labute approximate surface area is 105 Å². The maximum Gasteiger partial charge on any atom is 0.0720 e. The van der Waals surface area contributed by atoms with Gasteiger partial charge in [-0.1, -0.05) is 57.0 Å². The molecule has 0 heterocycles. The third kappa shape index (κ3) is 3.57. The first-order valence-electron chi connectivity index (χ1n) is 6.93. The van der Waals surface area contributed by atoms with E-state index in [4.69, 9.17) is 4.74 Å². The Hall–Kier alpha value is -0.820. The minimum atomic E-state index is 0.476. The molecule has 0 radical (unpaired) electrons. The second-order valence-electron chi connectivity index (χ2n) is 5.53. The topological polar surface area (TPSA) is 9.23 Å². The molecule has 0 amide bonds. The van der Waals surface area contributed by atoms with Crippen LogP contribution in [-0.4, -0.2) is 6.10 Å². The summed E-state index contributed by atoms with van der Waals surface area (Å²) in [5, 5.41) is 0. The van der Waals surface area contributed by atoms with Crippen LogP contribution in [0.3, 0.4) is 0 Å². The van der Waals surface area contributed by atoms with Crippen LogP contribution in [0.4, 0.5) is 0 Å². The van der Waals surface area contributed by atoms with E-state index in [1.165, 1.54) is 31.2 Å². The van der Waals surface area contributed by atoms with Crippen LogP contribution in [0.5, 0.6) is 0 Å². The van der Waals surface area contributed by atoms with Crippen molar-refractivity contribution < 1.29 is 4.74 Å². The molecular formula is C16H24O. The molecular weight excluding hydrogens is 208 g/mol. The molecule has 1 saturated carbocycles. The van der Waals surface area contributed by atoms with Crippen molar-refractivity contribution in [2.75, 3.05) is 0 Å². The third-order valence-corrected chi connectivity index (χ3v) is 3.92. The van der Waals surface area contributed by atoms with E-state index in [-0.39, 0.29) is 0 Å². The van der Waals surface area contributed by atoms with Crippen LogP contribution in [0, 0.1) is 11.8 Å². The van der Waals surface area contributed by atoms with Gasteiger partial charge in [0.2, 0.25) is 0 Å². The number of benzene rings is 1. The van der Waals surface area contributed by atoms with Gasteiger partial charge in [-0.25, -0.2) is 0 Å². The highest BCUT2D eigenvalue weighted by Crippen LogP contribution is 2.32. The molecule has 2 unspecified atom stereocenters. The van der Waals surface area contributed by atoms with Crippen molar-refractivity contribution in [1.82, 2.24) is 0 Å². The first-order valence-corrected chi connectivity index (χ1v) is 6.93. The molecule has 0 saturated heterocycles. The quantitative estimate of drug-likeness (QED) is 0.746. The lowest BCUT2D eigenvalue weighted by atomic mass is 9.79. The van der Waals surface area contributed by atoms with E-state index in [0.29, 0.717) is 6.10 Å². The fourth-order valence-electron chi connectivity index (χ4n) is 2.87. The third-order valence-electron chi connectivity index (χ3n) is 3.92. The maximum atomic E-state index is 6.14. The number of hydrogen-bond acceptors (Lipinski definition) is 1. The Bertz CT molecular complexity index is 318. The molecule has 1 aromatic rings. The molecule has 94 valence electrons. The fourth-order valence-corrected chi connectivity index (χ4v) is 2.87. The van der Waals surface area contributed by atoms with Gasteiger partial charge in [0, 0.05) is 0 Å². The molecule has 0 bridgehead atoms. The second kappa shape index (κ2) is 6.20. The first-order chi connectivity index (χ1) is 8.27. The van der Waals surface area contributed by atoms with Crippen molar-refractivity contribution >= 4 is 0 Å². The van der Waals surface area contributed by atoms with Gasteiger partial charge in [-0.05, 0) is 30.2 Å². The fraction of sp³-hybridized carbons (Fsp3) is 0.625.